The second kappa shape index (κ2) is 7.31. The van der Waals surface area contributed by atoms with Crippen molar-refractivity contribution in [2.24, 2.45) is 0 Å². The molecule has 0 aliphatic heterocycles. The average molecular weight is 565 g/mol. The van der Waals surface area contributed by atoms with Gasteiger partial charge in [0.15, 0.2) is 5.58 Å². The van der Waals surface area contributed by atoms with Crippen LogP contribution in [0.15, 0.2) is 50.9 Å². The predicted molar refractivity (Wildman–Crippen MR) is 109 cm³/mol. The van der Waals surface area contributed by atoms with Gasteiger partial charge in [0.05, 0.1) is 7.14 Å². The maximum Gasteiger partial charge on any atom is 0.342 e. The number of para-hydroxylation sites is 2. The third-order valence-electron chi connectivity index (χ3n) is 3.02. The molecule has 2 aromatic carbocycles. The van der Waals surface area contributed by atoms with E-state index >= 15 is 0 Å². The highest BCUT2D eigenvalue weighted by Crippen LogP contribution is 2.33. The van der Waals surface area contributed by atoms with Gasteiger partial charge >= 0.3 is 5.97 Å². The third-order valence-corrected chi connectivity index (χ3v) is 5.53. The third kappa shape index (κ3) is 3.86. The molecule has 0 aliphatic rings. The van der Waals surface area contributed by atoms with Crippen molar-refractivity contribution in [3.8, 4) is 5.75 Å². The molecule has 3 rings (SSSR count). The number of phenols is 1. The zero-order chi connectivity index (χ0) is 17.3. The fraction of sp³-hybridized carbons (Fsp3) is 0. The van der Waals surface area contributed by atoms with Crippen LogP contribution in [0.1, 0.15) is 5.56 Å². The van der Waals surface area contributed by atoms with Gasteiger partial charge in [0.2, 0.25) is 0 Å². The molecule has 0 aliphatic carbocycles. The van der Waals surface area contributed by atoms with E-state index in [1.807, 2.05) is 57.3 Å². The number of carbonyl (C=O) groups is 1. The highest BCUT2D eigenvalue weighted by atomic mass is 127. The molecule has 0 spiro atoms. The molecule has 0 bridgehead atoms. The Hall–Kier alpha value is -1.27. The van der Waals surface area contributed by atoms with E-state index in [1.165, 1.54) is 6.08 Å². The number of aromatic hydroxyl groups is 1. The minimum Gasteiger partial charge on any atom is -0.506 e. The van der Waals surface area contributed by atoms with Gasteiger partial charge in [0.25, 0.3) is 5.22 Å². The van der Waals surface area contributed by atoms with Crippen LogP contribution < -0.4 is 0 Å². The van der Waals surface area contributed by atoms with Crippen LogP contribution in [0, 0.1) is 7.14 Å². The summed E-state index contributed by atoms with van der Waals surface area (Å²) in [4.78, 5) is 15.9. The van der Waals surface area contributed by atoms with E-state index in [0.29, 0.717) is 23.8 Å². The van der Waals surface area contributed by atoms with E-state index in [1.54, 1.807) is 24.3 Å². The Balaban J connectivity index is 1.96. The van der Waals surface area contributed by atoms with Crippen LogP contribution in [0.25, 0.3) is 17.2 Å². The number of carboxylic acids is 1. The summed E-state index contributed by atoms with van der Waals surface area (Å²) < 4.78 is 6.87. The highest BCUT2D eigenvalue weighted by Gasteiger charge is 2.15. The predicted octanol–water partition coefficient (Wildman–Crippen LogP) is 4.96. The molecule has 5 nitrogen and oxygen atoms in total. The van der Waals surface area contributed by atoms with Crippen molar-refractivity contribution in [1.82, 2.24) is 4.98 Å². The number of hydrogen-bond donors (Lipinski definition) is 2. The van der Waals surface area contributed by atoms with E-state index in [0.717, 1.165) is 11.8 Å². The van der Waals surface area contributed by atoms with Crippen molar-refractivity contribution in [3.63, 3.8) is 0 Å². The molecular weight excluding hydrogens is 556 g/mol. The molecule has 122 valence electrons. The zero-order valence-corrected chi connectivity index (χ0v) is 17.0. The maximum atomic E-state index is 11.5. The highest BCUT2D eigenvalue weighted by molar-refractivity contribution is 14.1. The van der Waals surface area contributed by atoms with Crippen LogP contribution in [0.5, 0.6) is 5.75 Å². The normalized spacial score (nSPS) is 11.8. The minimum absolute atomic E-state index is 0.0823. The van der Waals surface area contributed by atoms with Crippen LogP contribution in [-0.2, 0) is 4.79 Å². The van der Waals surface area contributed by atoms with Gasteiger partial charge in [0.1, 0.15) is 16.2 Å². The SMILES string of the molecule is O=C(O)/C(=C/c1cc(I)c(O)c(I)c1)Sc1nc2ccccc2o1. The molecule has 0 atom stereocenters. The van der Waals surface area contributed by atoms with Gasteiger partial charge in [-0.2, -0.15) is 0 Å². The summed E-state index contributed by atoms with van der Waals surface area (Å²) in [6.07, 6.45) is 1.53. The van der Waals surface area contributed by atoms with Crippen LogP contribution in [-0.4, -0.2) is 21.2 Å². The van der Waals surface area contributed by atoms with Crippen molar-refractivity contribution in [3.05, 3.63) is 54.0 Å². The van der Waals surface area contributed by atoms with Gasteiger partial charge in [-0.3, -0.25) is 0 Å². The van der Waals surface area contributed by atoms with Gasteiger partial charge < -0.3 is 14.6 Å². The topological polar surface area (TPSA) is 83.6 Å². The number of nitrogens with zero attached hydrogens (tertiary/aromatic N) is 1. The molecule has 0 unspecified atom stereocenters. The number of oxazole rings is 1. The molecule has 8 heteroatoms. The first-order valence-electron chi connectivity index (χ1n) is 6.60. The van der Waals surface area contributed by atoms with Crippen molar-refractivity contribution in [2.45, 2.75) is 5.22 Å². The van der Waals surface area contributed by atoms with E-state index in [2.05, 4.69) is 4.98 Å². The Morgan fingerprint density at radius 1 is 1.21 bits per heavy atom. The summed E-state index contributed by atoms with van der Waals surface area (Å²) in [5, 5.41) is 19.5. The van der Waals surface area contributed by atoms with Crippen molar-refractivity contribution < 1.29 is 19.4 Å². The second-order valence-corrected chi connectivity index (χ2v) is 8.01. The number of aliphatic carboxylic acids is 1. The van der Waals surface area contributed by atoms with Crippen molar-refractivity contribution in [1.29, 1.82) is 0 Å². The summed E-state index contributed by atoms with van der Waals surface area (Å²) >= 11 is 4.96. The number of rotatable bonds is 4. The van der Waals surface area contributed by atoms with E-state index in [9.17, 15) is 15.0 Å². The lowest BCUT2D eigenvalue weighted by Crippen LogP contribution is -1.97. The molecule has 0 saturated heterocycles. The quantitative estimate of drug-likeness (QED) is 0.265. The van der Waals surface area contributed by atoms with Crippen LogP contribution in [0.3, 0.4) is 0 Å². The Labute approximate surface area is 168 Å². The molecular formula is C16H9I2NO4S. The Morgan fingerprint density at radius 2 is 1.88 bits per heavy atom. The van der Waals surface area contributed by atoms with E-state index < -0.39 is 5.97 Å². The summed E-state index contributed by atoms with van der Waals surface area (Å²) in [5.74, 6) is -0.878. The fourth-order valence-electron chi connectivity index (χ4n) is 1.94. The Bertz CT molecular complexity index is 912. The number of phenolic OH excluding ortho intramolecular Hbond substituents is 1. The maximum absolute atomic E-state index is 11.5. The number of thioether (sulfide) groups is 1. The van der Waals surface area contributed by atoms with Crippen LogP contribution >= 0.6 is 56.9 Å². The first-order valence-corrected chi connectivity index (χ1v) is 9.58. The Morgan fingerprint density at radius 3 is 2.50 bits per heavy atom. The first-order chi connectivity index (χ1) is 11.4. The number of benzene rings is 2. The lowest BCUT2D eigenvalue weighted by molar-refractivity contribution is -0.131. The Kier molecular flexibility index (Phi) is 5.35. The molecule has 0 saturated carbocycles. The van der Waals surface area contributed by atoms with Gasteiger partial charge in [-0.05, 0) is 92.8 Å². The largest absolute Gasteiger partial charge is 0.506 e. The smallest absolute Gasteiger partial charge is 0.342 e. The van der Waals surface area contributed by atoms with E-state index in [-0.39, 0.29) is 15.9 Å². The van der Waals surface area contributed by atoms with Gasteiger partial charge in [0, 0.05) is 0 Å². The summed E-state index contributed by atoms with van der Waals surface area (Å²) in [7, 11) is 0. The zero-order valence-electron chi connectivity index (χ0n) is 11.9. The number of hydrogen-bond acceptors (Lipinski definition) is 5. The molecule has 0 fully saturated rings. The number of fused-ring (bicyclic) bond motifs is 1. The summed E-state index contributed by atoms with van der Waals surface area (Å²) in [6.45, 7) is 0. The molecule has 3 aromatic rings. The molecule has 1 heterocycles. The van der Waals surface area contributed by atoms with Crippen LogP contribution in [0.2, 0.25) is 0 Å². The minimum atomic E-state index is -1.07. The second-order valence-electron chi connectivity index (χ2n) is 4.70. The monoisotopic (exact) mass is 565 g/mol. The standard InChI is InChI=1S/C16H9I2NO4S/c17-9-5-8(6-10(18)14(9)20)7-13(15(21)22)24-16-19-11-3-1-2-4-12(11)23-16/h1-7,20H,(H,21,22)/b13-7-. The molecule has 0 amide bonds. The molecule has 1 aromatic heterocycles. The number of aromatic nitrogens is 1. The van der Waals surface area contributed by atoms with Crippen molar-refractivity contribution in [2.75, 3.05) is 0 Å². The van der Waals surface area contributed by atoms with Crippen LogP contribution in [0.4, 0.5) is 0 Å². The summed E-state index contributed by atoms with van der Waals surface area (Å²) in [6, 6.07) is 10.7. The first kappa shape index (κ1) is 17.5. The number of halogens is 2. The lowest BCUT2D eigenvalue weighted by atomic mass is 10.2. The fourth-order valence-corrected chi connectivity index (χ4v) is 4.51. The van der Waals surface area contributed by atoms with Gasteiger partial charge in [-0.25, -0.2) is 9.78 Å². The molecule has 2 N–H and O–H groups in total. The van der Waals surface area contributed by atoms with Gasteiger partial charge in [-0.1, -0.05) is 12.1 Å². The molecule has 24 heavy (non-hydrogen) atoms. The number of carboxylic acid groups (broad SMARTS) is 1. The lowest BCUT2D eigenvalue weighted by Gasteiger charge is -2.04. The molecule has 0 radical (unpaired) electrons. The van der Waals surface area contributed by atoms with Crippen molar-refractivity contribution >= 4 is 80.1 Å². The average Bonchev–Trinajstić information content (AvgIpc) is 2.94. The van der Waals surface area contributed by atoms with Gasteiger partial charge in [-0.15, -0.1) is 0 Å². The summed E-state index contributed by atoms with van der Waals surface area (Å²) in [5.41, 5.74) is 1.97. The van der Waals surface area contributed by atoms with E-state index in [4.69, 9.17) is 4.42 Å².